The first-order valence-electron chi connectivity index (χ1n) is 7.92. The lowest BCUT2D eigenvalue weighted by Crippen LogP contribution is -2.11. The smallest absolute Gasteiger partial charge is 0.191 e. The Bertz CT molecular complexity index is 686. The molecule has 0 spiro atoms. The van der Waals surface area contributed by atoms with E-state index >= 15 is 0 Å². The highest BCUT2D eigenvalue weighted by Crippen LogP contribution is 2.24. The van der Waals surface area contributed by atoms with Crippen LogP contribution in [0.2, 0.25) is 0 Å². The summed E-state index contributed by atoms with van der Waals surface area (Å²) >= 11 is 1.62. The van der Waals surface area contributed by atoms with Crippen molar-refractivity contribution in [3.63, 3.8) is 0 Å². The van der Waals surface area contributed by atoms with Gasteiger partial charge in [-0.3, -0.25) is 4.57 Å². The van der Waals surface area contributed by atoms with Crippen molar-refractivity contribution in [3.05, 3.63) is 48.6 Å². The number of ether oxygens (including phenoxy) is 2. The summed E-state index contributed by atoms with van der Waals surface area (Å²) in [6.45, 7) is 5.35. The predicted octanol–water partition coefficient (Wildman–Crippen LogP) is 3.45. The average Bonchev–Trinajstić information content (AvgIpc) is 3.23. The van der Waals surface area contributed by atoms with E-state index in [4.69, 9.17) is 9.47 Å². The van der Waals surface area contributed by atoms with Crippen molar-refractivity contribution < 1.29 is 13.9 Å². The highest BCUT2D eigenvalue weighted by atomic mass is 32.2. The van der Waals surface area contributed by atoms with Gasteiger partial charge in [-0.25, -0.2) is 4.39 Å². The number of halogens is 1. The summed E-state index contributed by atoms with van der Waals surface area (Å²) in [5, 5.41) is 9.21. The molecule has 1 atom stereocenters. The molecule has 1 unspecified atom stereocenters. The Morgan fingerprint density at radius 3 is 3.04 bits per heavy atom. The molecule has 24 heavy (non-hydrogen) atoms. The van der Waals surface area contributed by atoms with Crippen molar-refractivity contribution in [1.82, 2.24) is 14.8 Å². The summed E-state index contributed by atoms with van der Waals surface area (Å²) in [5.41, 5.74) is 0. The Kier molecular flexibility index (Phi) is 5.87. The van der Waals surface area contributed by atoms with Crippen molar-refractivity contribution >= 4 is 11.8 Å². The highest BCUT2D eigenvalue weighted by molar-refractivity contribution is 7.99. The van der Waals surface area contributed by atoms with Crippen LogP contribution in [0.5, 0.6) is 5.75 Å². The number of thioether (sulfide) groups is 1. The Hall–Kier alpha value is -1.86. The second kappa shape index (κ2) is 8.30. The zero-order chi connectivity index (χ0) is 16.8. The van der Waals surface area contributed by atoms with Gasteiger partial charge in [0, 0.05) is 18.9 Å². The van der Waals surface area contributed by atoms with Gasteiger partial charge in [-0.2, -0.15) is 0 Å². The molecule has 0 bridgehead atoms. The second-order valence-electron chi connectivity index (χ2n) is 5.46. The summed E-state index contributed by atoms with van der Waals surface area (Å²) in [7, 11) is 0. The van der Waals surface area contributed by atoms with E-state index in [0.717, 1.165) is 30.4 Å². The number of hydrogen-bond donors (Lipinski definition) is 0. The molecule has 1 fully saturated rings. The zero-order valence-electron chi connectivity index (χ0n) is 13.4. The minimum atomic E-state index is -0.389. The largest absolute Gasteiger partial charge is 0.483 e. The molecule has 1 saturated heterocycles. The molecule has 3 rings (SSSR count). The van der Waals surface area contributed by atoms with Gasteiger partial charge in [0.05, 0.1) is 6.10 Å². The average molecular weight is 349 g/mol. The van der Waals surface area contributed by atoms with Crippen LogP contribution >= 0.6 is 11.8 Å². The van der Waals surface area contributed by atoms with Gasteiger partial charge < -0.3 is 9.47 Å². The van der Waals surface area contributed by atoms with Crippen molar-refractivity contribution in [2.24, 2.45) is 0 Å². The zero-order valence-corrected chi connectivity index (χ0v) is 14.2. The first kappa shape index (κ1) is 17.0. The van der Waals surface area contributed by atoms with E-state index in [1.54, 1.807) is 36.0 Å². The fourth-order valence-electron chi connectivity index (χ4n) is 2.49. The van der Waals surface area contributed by atoms with Gasteiger partial charge >= 0.3 is 0 Å². The monoisotopic (exact) mass is 349 g/mol. The predicted molar refractivity (Wildman–Crippen MR) is 90.6 cm³/mol. The van der Waals surface area contributed by atoms with Crippen LogP contribution in [0.15, 0.2) is 42.1 Å². The molecule has 5 nitrogen and oxygen atoms in total. The maximum Gasteiger partial charge on any atom is 0.191 e. The Morgan fingerprint density at radius 1 is 1.42 bits per heavy atom. The SMILES string of the molecule is C=CCn1c(COc2ccccc2F)nnc1SCC1CCCO1. The lowest BCUT2D eigenvalue weighted by molar-refractivity contribution is 0.129. The molecule has 1 aromatic heterocycles. The summed E-state index contributed by atoms with van der Waals surface area (Å²) in [5.74, 6) is 1.32. The molecule has 128 valence electrons. The normalized spacial score (nSPS) is 17.1. The molecule has 0 saturated carbocycles. The van der Waals surface area contributed by atoms with Crippen LogP contribution in [0.25, 0.3) is 0 Å². The maximum atomic E-state index is 13.6. The van der Waals surface area contributed by atoms with Gasteiger partial charge in [-0.05, 0) is 25.0 Å². The first-order chi connectivity index (χ1) is 11.8. The fourth-order valence-corrected chi connectivity index (χ4v) is 3.52. The van der Waals surface area contributed by atoms with Crippen LogP contribution in [0.3, 0.4) is 0 Å². The van der Waals surface area contributed by atoms with Gasteiger partial charge in [0.15, 0.2) is 22.5 Å². The number of nitrogens with zero attached hydrogens (tertiary/aromatic N) is 3. The van der Waals surface area contributed by atoms with Crippen molar-refractivity contribution in [1.29, 1.82) is 0 Å². The quantitative estimate of drug-likeness (QED) is 0.540. The van der Waals surface area contributed by atoms with E-state index in [9.17, 15) is 4.39 Å². The van der Waals surface area contributed by atoms with E-state index < -0.39 is 0 Å². The molecule has 0 N–H and O–H groups in total. The third kappa shape index (κ3) is 4.15. The molecular weight excluding hydrogens is 329 g/mol. The van der Waals surface area contributed by atoms with E-state index in [-0.39, 0.29) is 24.3 Å². The van der Waals surface area contributed by atoms with E-state index in [1.807, 2.05) is 4.57 Å². The number of aromatic nitrogens is 3. The number of allylic oxidation sites excluding steroid dienone is 1. The van der Waals surface area contributed by atoms with Gasteiger partial charge in [0.1, 0.15) is 6.61 Å². The molecule has 7 heteroatoms. The van der Waals surface area contributed by atoms with E-state index in [0.29, 0.717) is 12.4 Å². The number of benzene rings is 1. The lowest BCUT2D eigenvalue weighted by atomic mass is 10.3. The number of para-hydroxylation sites is 1. The van der Waals surface area contributed by atoms with Crippen molar-refractivity contribution in [2.75, 3.05) is 12.4 Å². The topological polar surface area (TPSA) is 49.2 Å². The summed E-state index contributed by atoms with van der Waals surface area (Å²) in [6, 6.07) is 6.32. The van der Waals surface area contributed by atoms with Crippen LogP contribution in [-0.4, -0.2) is 33.2 Å². The fraction of sp³-hybridized carbons (Fsp3) is 0.412. The van der Waals surface area contributed by atoms with Gasteiger partial charge in [-0.15, -0.1) is 16.8 Å². The van der Waals surface area contributed by atoms with Crippen molar-refractivity contribution in [2.45, 2.75) is 37.3 Å². The van der Waals surface area contributed by atoms with Crippen LogP contribution in [-0.2, 0) is 17.9 Å². The summed E-state index contributed by atoms with van der Waals surface area (Å²) in [6.07, 6.45) is 4.27. The summed E-state index contributed by atoms with van der Waals surface area (Å²) in [4.78, 5) is 0. The van der Waals surface area contributed by atoms with Gasteiger partial charge in [0.2, 0.25) is 0 Å². The molecule has 1 aromatic carbocycles. The highest BCUT2D eigenvalue weighted by Gasteiger charge is 2.19. The van der Waals surface area contributed by atoms with Crippen molar-refractivity contribution in [3.8, 4) is 5.75 Å². The van der Waals surface area contributed by atoms with Crippen LogP contribution < -0.4 is 4.74 Å². The molecule has 2 aromatic rings. The second-order valence-corrected chi connectivity index (χ2v) is 6.45. The minimum Gasteiger partial charge on any atom is -0.483 e. The summed E-state index contributed by atoms with van der Waals surface area (Å²) < 4.78 is 26.7. The number of hydrogen-bond acceptors (Lipinski definition) is 5. The van der Waals surface area contributed by atoms with E-state index in [1.165, 1.54) is 6.07 Å². The first-order valence-corrected chi connectivity index (χ1v) is 8.91. The minimum absolute atomic E-state index is 0.155. The molecule has 2 heterocycles. The lowest BCUT2D eigenvalue weighted by Gasteiger charge is -2.11. The number of rotatable bonds is 8. The van der Waals surface area contributed by atoms with Crippen LogP contribution in [0, 0.1) is 5.82 Å². The van der Waals surface area contributed by atoms with Crippen LogP contribution in [0.4, 0.5) is 4.39 Å². The van der Waals surface area contributed by atoms with Gasteiger partial charge in [-0.1, -0.05) is 30.0 Å². The van der Waals surface area contributed by atoms with Gasteiger partial charge in [0.25, 0.3) is 0 Å². The molecule has 1 aliphatic rings. The molecular formula is C17H20FN3O2S. The third-order valence-electron chi connectivity index (χ3n) is 3.72. The third-order valence-corrected chi connectivity index (χ3v) is 4.82. The van der Waals surface area contributed by atoms with E-state index in [2.05, 4.69) is 16.8 Å². The molecule has 0 amide bonds. The Labute approximate surface area is 144 Å². The molecule has 0 aliphatic carbocycles. The molecule has 1 aliphatic heterocycles. The molecule has 0 radical (unpaired) electrons. The van der Waals surface area contributed by atoms with Crippen LogP contribution in [0.1, 0.15) is 18.7 Å². The maximum absolute atomic E-state index is 13.6. The Morgan fingerprint density at radius 2 is 2.29 bits per heavy atom. The Balaban J connectivity index is 1.66. The standard InChI is InChI=1S/C17H20FN3O2S/c1-2-9-21-16(11-23-15-8-4-3-7-14(15)18)19-20-17(21)24-12-13-6-5-10-22-13/h2-4,7-8,13H,1,5-6,9-12H2.